The summed E-state index contributed by atoms with van der Waals surface area (Å²) in [6.45, 7) is 7.27. The van der Waals surface area contributed by atoms with Gasteiger partial charge in [-0.1, -0.05) is 12.2 Å². The molecule has 0 aliphatic carbocycles. The van der Waals surface area contributed by atoms with E-state index in [4.69, 9.17) is 0 Å². The molecule has 8 heavy (non-hydrogen) atoms. The molecule has 0 saturated carbocycles. The Hall–Kier alpha value is -0.373. The van der Waals surface area contributed by atoms with Crippen molar-refractivity contribution in [3.8, 4) is 0 Å². The fourth-order valence-corrected chi connectivity index (χ4v) is 1.22. The molecule has 0 aromatic carbocycles. The van der Waals surface area contributed by atoms with E-state index in [0.717, 1.165) is 0 Å². The van der Waals surface area contributed by atoms with Crippen molar-refractivity contribution in [3.05, 3.63) is 25.3 Å². The maximum absolute atomic E-state index is 3.63. The zero-order valence-corrected chi connectivity index (χ0v) is 6.51. The molecule has 0 heterocycles. The molecule has 0 aliphatic rings. The molecule has 0 N–H and O–H groups in total. The highest BCUT2D eigenvalue weighted by molar-refractivity contribution is 6.36. The van der Waals surface area contributed by atoms with Crippen LogP contribution in [0.4, 0.5) is 4.70 Å². The van der Waals surface area contributed by atoms with Crippen LogP contribution in [0.5, 0.6) is 0 Å². The molecule has 0 bridgehead atoms. The van der Waals surface area contributed by atoms with Crippen molar-refractivity contribution in [2.75, 3.05) is 0 Å². The number of hydrogen-bond donors (Lipinski definition) is 0. The molecule has 0 amide bonds. The second-order valence-electron chi connectivity index (χ2n) is 1.51. The Morgan fingerprint density at radius 3 is 1.75 bits per heavy atom. The van der Waals surface area contributed by atoms with Crippen LogP contribution in [-0.2, 0) is 0 Å². The SMILES string of the molecule is C=CC[SiH2]CC=C.F. The Balaban J connectivity index is 0. The topological polar surface area (TPSA) is 0 Å². The zero-order chi connectivity index (χ0) is 5.54. The van der Waals surface area contributed by atoms with Gasteiger partial charge in [-0.05, 0) is 12.1 Å². The van der Waals surface area contributed by atoms with Gasteiger partial charge < -0.3 is 0 Å². The predicted molar refractivity (Wildman–Crippen MR) is 41.1 cm³/mol. The highest BCUT2D eigenvalue weighted by Crippen LogP contribution is 1.84. The summed E-state index contributed by atoms with van der Waals surface area (Å²) in [7, 11) is 0.175. The Kier molecular flexibility index (Phi) is 13.0. The van der Waals surface area contributed by atoms with Crippen LogP contribution in [0.1, 0.15) is 0 Å². The summed E-state index contributed by atoms with van der Waals surface area (Å²) in [5, 5.41) is 0. The van der Waals surface area contributed by atoms with E-state index in [0.29, 0.717) is 0 Å². The molecule has 0 aromatic heterocycles. The molecule has 0 atom stereocenters. The van der Waals surface area contributed by atoms with E-state index in [2.05, 4.69) is 13.2 Å². The van der Waals surface area contributed by atoms with Gasteiger partial charge in [-0.15, -0.1) is 13.2 Å². The number of hydrogen-bond acceptors (Lipinski definition) is 0. The Labute approximate surface area is 52.5 Å². The van der Waals surface area contributed by atoms with Gasteiger partial charge in [0.15, 0.2) is 0 Å². The van der Waals surface area contributed by atoms with Crippen molar-refractivity contribution in [3.63, 3.8) is 0 Å². The fourth-order valence-electron chi connectivity index (χ4n) is 0.407. The third-order valence-corrected chi connectivity index (χ3v) is 2.45. The molecule has 48 valence electrons. The van der Waals surface area contributed by atoms with Gasteiger partial charge in [-0.25, -0.2) is 0 Å². The quantitative estimate of drug-likeness (QED) is 0.309. The molecular formula is C6H13FSi. The minimum Gasteiger partial charge on any atom is -0.269 e. The van der Waals surface area contributed by atoms with Crippen molar-refractivity contribution in [2.24, 2.45) is 0 Å². The highest BCUT2D eigenvalue weighted by Gasteiger charge is 1.75. The van der Waals surface area contributed by atoms with Gasteiger partial charge in [0.05, 0.1) is 0 Å². The second-order valence-corrected chi connectivity index (χ2v) is 3.37. The van der Waals surface area contributed by atoms with Gasteiger partial charge in [-0.3, -0.25) is 4.70 Å². The Morgan fingerprint density at radius 1 is 1.12 bits per heavy atom. The van der Waals surface area contributed by atoms with Crippen LogP contribution in [-0.4, -0.2) is 9.52 Å². The lowest BCUT2D eigenvalue weighted by molar-refractivity contribution is 1.11. The first-order chi connectivity index (χ1) is 3.41. The second kappa shape index (κ2) is 9.80. The lowest BCUT2D eigenvalue weighted by Gasteiger charge is -1.82. The average molecular weight is 132 g/mol. The molecule has 0 fully saturated rings. The highest BCUT2D eigenvalue weighted by atomic mass is 28.2. The molecule has 0 unspecified atom stereocenters. The molecule has 2 heteroatoms. The van der Waals surface area contributed by atoms with Crippen LogP contribution in [0.2, 0.25) is 12.1 Å². The first kappa shape index (κ1) is 10.6. The van der Waals surface area contributed by atoms with Gasteiger partial charge in [0, 0.05) is 9.52 Å². The van der Waals surface area contributed by atoms with E-state index in [1.807, 2.05) is 12.2 Å². The van der Waals surface area contributed by atoms with Gasteiger partial charge in [0.1, 0.15) is 0 Å². The molecular weight excluding hydrogens is 119 g/mol. The predicted octanol–water partition coefficient (Wildman–Crippen LogP) is 1.52. The number of rotatable bonds is 4. The zero-order valence-electron chi connectivity index (χ0n) is 5.10. The fraction of sp³-hybridized carbons (Fsp3) is 0.333. The average Bonchev–Trinajstić information content (AvgIpc) is 1.69. The number of halogens is 1. The lowest BCUT2D eigenvalue weighted by Crippen LogP contribution is -1.79. The van der Waals surface area contributed by atoms with Crippen molar-refractivity contribution < 1.29 is 4.70 Å². The van der Waals surface area contributed by atoms with Gasteiger partial charge in [0.25, 0.3) is 0 Å². The third-order valence-electron chi connectivity index (χ3n) is 0.816. The standard InChI is InChI=1S/C6H12Si.FH/c1-3-5-7-6-4-2;/h3-4H,1-2,5-7H2;1H. The van der Waals surface area contributed by atoms with Crippen LogP contribution >= 0.6 is 0 Å². The summed E-state index contributed by atoms with van der Waals surface area (Å²) in [6, 6.07) is 2.51. The van der Waals surface area contributed by atoms with E-state index < -0.39 is 0 Å². The summed E-state index contributed by atoms with van der Waals surface area (Å²) >= 11 is 0. The van der Waals surface area contributed by atoms with E-state index in [1.54, 1.807) is 0 Å². The lowest BCUT2D eigenvalue weighted by atomic mass is 10.7. The van der Waals surface area contributed by atoms with E-state index >= 15 is 0 Å². The monoisotopic (exact) mass is 132 g/mol. The molecule has 0 spiro atoms. The van der Waals surface area contributed by atoms with Crippen LogP contribution in [0.25, 0.3) is 0 Å². The Morgan fingerprint density at radius 2 is 1.50 bits per heavy atom. The van der Waals surface area contributed by atoms with Crippen LogP contribution < -0.4 is 0 Å². The molecule has 0 aromatic rings. The summed E-state index contributed by atoms with van der Waals surface area (Å²) in [5.41, 5.74) is 0. The van der Waals surface area contributed by atoms with Gasteiger partial charge >= 0.3 is 0 Å². The van der Waals surface area contributed by atoms with Crippen molar-refractivity contribution in [2.45, 2.75) is 12.1 Å². The summed E-state index contributed by atoms with van der Waals surface area (Å²) < 4.78 is 0. The normalized spacial score (nSPS) is 7.00. The van der Waals surface area contributed by atoms with E-state index in [1.165, 1.54) is 12.1 Å². The molecule has 0 aliphatic heterocycles. The summed E-state index contributed by atoms with van der Waals surface area (Å²) in [5.74, 6) is 0. The van der Waals surface area contributed by atoms with Gasteiger partial charge in [0.2, 0.25) is 0 Å². The Bertz CT molecular complexity index is 53.5. The van der Waals surface area contributed by atoms with Crippen molar-refractivity contribution >= 4 is 9.52 Å². The summed E-state index contributed by atoms with van der Waals surface area (Å²) in [6.07, 6.45) is 3.99. The van der Waals surface area contributed by atoms with Crippen LogP contribution in [0.3, 0.4) is 0 Å². The maximum Gasteiger partial charge on any atom is 0.0280 e. The largest absolute Gasteiger partial charge is 0.269 e. The molecule has 0 radical (unpaired) electrons. The number of allylic oxidation sites excluding steroid dienone is 2. The molecule has 0 nitrogen and oxygen atoms in total. The minimum absolute atomic E-state index is 0. The summed E-state index contributed by atoms with van der Waals surface area (Å²) in [4.78, 5) is 0. The van der Waals surface area contributed by atoms with E-state index in [9.17, 15) is 0 Å². The van der Waals surface area contributed by atoms with Crippen LogP contribution in [0.15, 0.2) is 25.3 Å². The van der Waals surface area contributed by atoms with Crippen molar-refractivity contribution in [1.29, 1.82) is 0 Å². The minimum atomic E-state index is 0. The smallest absolute Gasteiger partial charge is 0.0280 e. The van der Waals surface area contributed by atoms with E-state index in [-0.39, 0.29) is 14.2 Å². The van der Waals surface area contributed by atoms with Gasteiger partial charge in [-0.2, -0.15) is 0 Å². The molecule has 0 rings (SSSR count). The van der Waals surface area contributed by atoms with Crippen LogP contribution in [0, 0.1) is 0 Å². The van der Waals surface area contributed by atoms with Crippen molar-refractivity contribution in [1.82, 2.24) is 0 Å². The first-order valence-corrected chi connectivity index (χ1v) is 4.63. The first-order valence-electron chi connectivity index (χ1n) is 2.63. The maximum atomic E-state index is 3.63. The third kappa shape index (κ3) is 9.16. The molecule has 0 saturated heterocycles.